The Balaban J connectivity index is 2.21. The fourth-order valence-corrected chi connectivity index (χ4v) is 2.04. The lowest BCUT2D eigenvalue weighted by Gasteiger charge is -2.05. The minimum atomic E-state index is -0.274. The van der Waals surface area contributed by atoms with Crippen molar-refractivity contribution < 1.29 is 14.4 Å². The van der Waals surface area contributed by atoms with Gasteiger partial charge < -0.3 is 9.57 Å². The maximum Gasteiger partial charge on any atom is 0.214 e. The first-order valence-electron chi connectivity index (χ1n) is 6.98. The van der Waals surface area contributed by atoms with E-state index in [1.54, 1.807) is 55.6 Å². The van der Waals surface area contributed by atoms with Crippen LogP contribution in [0.15, 0.2) is 63.3 Å². The predicted octanol–water partition coefficient (Wildman–Crippen LogP) is 3.74. The maximum absolute atomic E-state index is 12.5. The number of methoxy groups -OCH3 is 1. The molecule has 0 saturated carbocycles. The lowest BCUT2D eigenvalue weighted by molar-refractivity contribution is 0.106. The number of nitrogens with zero attached hydrogens (tertiary/aromatic N) is 2. The Morgan fingerprint density at radius 1 is 1.08 bits per heavy atom. The van der Waals surface area contributed by atoms with Crippen LogP contribution in [0.1, 0.15) is 10.4 Å². The summed E-state index contributed by atoms with van der Waals surface area (Å²) < 4.78 is 5.98. The zero-order chi connectivity index (χ0) is 17.4. The highest BCUT2D eigenvalue weighted by molar-refractivity contribution is 9.10. The van der Waals surface area contributed by atoms with Gasteiger partial charge in [0.1, 0.15) is 12.9 Å². The van der Waals surface area contributed by atoms with Gasteiger partial charge in [0.05, 0.1) is 19.0 Å². The number of hydrogen-bond acceptors (Lipinski definition) is 6. The Morgan fingerprint density at radius 2 is 1.75 bits per heavy atom. The number of hydrazone groups is 1. The number of halogens is 1. The number of oxime groups is 1. The van der Waals surface area contributed by atoms with E-state index in [4.69, 9.17) is 4.74 Å². The van der Waals surface area contributed by atoms with Gasteiger partial charge in [-0.2, -0.15) is 5.10 Å². The normalized spacial score (nSPS) is 11.4. The molecule has 0 fully saturated rings. The van der Waals surface area contributed by atoms with Gasteiger partial charge in [-0.05, 0) is 48.5 Å². The van der Waals surface area contributed by atoms with Crippen molar-refractivity contribution >= 4 is 39.3 Å². The van der Waals surface area contributed by atoms with Gasteiger partial charge >= 0.3 is 0 Å². The van der Waals surface area contributed by atoms with E-state index >= 15 is 0 Å². The molecule has 0 saturated heterocycles. The first kappa shape index (κ1) is 17.7. The number of carbonyl (C=O) groups excluding carboxylic acids is 1. The summed E-state index contributed by atoms with van der Waals surface area (Å²) in [6.07, 6.45) is 1.26. The summed E-state index contributed by atoms with van der Waals surface area (Å²) in [6, 6.07) is 14.1. The summed E-state index contributed by atoms with van der Waals surface area (Å²) in [7, 11) is 2.99. The lowest BCUT2D eigenvalue weighted by Crippen LogP contribution is -2.17. The molecule has 1 N–H and O–H groups in total. The van der Waals surface area contributed by atoms with E-state index < -0.39 is 0 Å². The summed E-state index contributed by atoms with van der Waals surface area (Å²) in [5.74, 6) is 0.459. The molecule has 24 heavy (non-hydrogen) atoms. The van der Waals surface area contributed by atoms with Gasteiger partial charge in [-0.3, -0.25) is 10.2 Å². The lowest BCUT2D eigenvalue weighted by atomic mass is 10.1. The molecule has 0 amide bonds. The van der Waals surface area contributed by atoms with Crippen molar-refractivity contribution in [3.63, 3.8) is 0 Å². The number of nitrogens with one attached hydrogen (secondary N) is 1. The van der Waals surface area contributed by atoms with Crippen LogP contribution in [0.2, 0.25) is 0 Å². The average Bonchev–Trinajstić information content (AvgIpc) is 2.62. The molecule has 0 unspecified atom stereocenters. The average molecular weight is 390 g/mol. The number of ether oxygens (including phenoxy) is 1. The number of hydrogen-bond donors (Lipinski definition) is 1. The fraction of sp³-hybridized carbons (Fsp3) is 0.118. The molecule has 2 aromatic rings. The minimum Gasteiger partial charge on any atom is -0.497 e. The number of benzene rings is 2. The van der Waals surface area contributed by atoms with Gasteiger partial charge in [-0.15, -0.1) is 0 Å². The van der Waals surface area contributed by atoms with E-state index in [1.807, 2.05) is 0 Å². The SMILES string of the molecule is CO/N=C\C(=N\Nc1ccc(OC)cc1)C(=O)c1ccc(Br)cc1. The second kappa shape index (κ2) is 8.83. The van der Waals surface area contributed by atoms with Gasteiger partial charge in [0.25, 0.3) is 0 Å². The third kappa shape index (κ3) is 4.92. The molecule has 2 rings (SSSR count). The van der Waals surface area contributed by atoms with Crippen molar-refractivity contribution in [2.45, 2.75) is 0 Å². The first-order valence-corrected chi connectivity index (χ1v) is 7.78. The Morgan fingerprint density at radius 3 is 2.33 bits per heavy atom. The van der Waals surface area contributed by atoms with Crippen LogP contribution in [0.5, 0.6) is 5.75 Å². The zero-order valence-electron chi connectivity index (χ0n) is 13.2. The van der Waals surface area contributed by atoms with Crippen LogP contribution in [0, 0.1) is 0 Å². The molecule has 2 aromatic carbocycles. The third-order valence-corrected chi connectivity index (χ3v) is 3.54. The topological polar surface area (TPSA) is 72.3 Å². The molecule has 0 aromatic heterocycles. The molecule has 0 aliphatic rings. The smallest absolute Gasteiger partial charge is 0.214 e. The number of Topliss-reactive ketones (excluding diaryl/α,β-unsaturated/α-hetero) is 1. The molecule has 0 aliphatic carbocycles. The molecule has 6 nitrogen and oxygen atoms in total. The molecule has 7 heteroatoms. The molecular formula is C17H16BrN3O3. The predicted molar refractivity (Wildman–Crippen MR) is 98.0 cm³/mol. The molecular weight excluding hydrogens is 374 g/mol. The monoisotopic (exact) mass is 389 g/mol. The molecule has 0 radical (unpaired) electrons. The second-order valence-corrected chi connectivity index (χ2v) is 5.51. The summed E-state index contributed by atoms with van der Waals surface area (Å²) in [5.41, 5.74) is 4.15. The standard InChI is InChI=1S/C17H16BrN3O3/c1-23-15-9-7-14(8-10-15)20-21-16(11-19-24-2)17(22)12-3-5-13(18)6-4-12/h3-11,20H,1-2H3/b19-11-,21-16-. The molecule has 0 aliphatic heterocycles. The van der Waals surface area contributed by atoms with Crippen LogP contribution in [0.25, 0.3) is 0 Å². The van der Waals surface area contributed by atoms with Gasteiger partial charge in [-0.25, -0.2) is 0 Å². The highest BCUT2D eigenvalue weighted by Crippen LogP contribution is 2.15. The third-order valence-electron chi connectivity index (χ3n) is 3.01. The van der Waals surface area contributed by atoms with E-state index in [0.29, 0.717) is 11.3 Å². The molecule has 124 valence electrons. The molecule has 0 heterocycles. The summed E-state index contributed by atoms with van der Waals surface area (Å²) >= 11 is 3.34. The first-order chi connectivity index (χ1) is 11.6. The fourth-order valence-electron chi connectivity index (χ4n) is 1.78. The highest BCUT2D eigenvalue weighted by Gasteiger charge is 2.13. The van der Waals surface area contributed by atoms with E-state index in [0.717, 1.165) is 10.2 Å². The Bertz CT molecular complexity index is 741. The molecule has 0 atom stereocenters. The molecule has 0 spiro atoms. The Hall–Kier alpha value is -2.67. The van der Waals surface area contributed by atoms with E-state index in [-0.39, 0.29) is 11.5 Å². The van der Waals surface area contributed by atoms with Crippen LogP contribution in [0.3, 0.4) is 0 Å². The quantitative estimate of drug-likeness (QED) is 0.444. The van der Waals surface area contributed by atoms with E-state index in [1.165, 1.54) is 13.3 Å². The van der Waals surface area contributed by atoms with Crippen molar-refractivity contribution in [3.05, 3.63) is 58.6 Å². The highest BCUT2D eigenvalue weighted by atomic mass is 79.9. The van der Waals surface area contributed by atoms with Crippen LogP contribution in [-0.2, 0) is 4.84 Å². The molecule has 0 bridgehead atoms. The van der Waals surface area contributed by atoms with Crippen molar-refractivity contribution in [1.82, 2.24) is 0 Å². The Labute approximate surface area is 148 Å². The minimum absolute atomic E-state index is 0.120. The Kier molecular flexibility index (Phi) is 6.51. The van der Waals surface area contributed by atoms with Crippen LogP contribution in [0.4, 0.5) is 5.69 Å². The number of ketones is 1. The van der Waals surface area contributed by atoms with Gasteiger partial charge in [0.2, 0.25) is 5.78 Å². The number of carbonyl (C=O) groups is 1. The van der Waals surface area contributed by atoms with Gasteiger partial charge in [0.15, 0.2) is 5.71 Å². The summed E-state index contributed by atoms with van der Waals surface area (Å²) in [6.45, 7) is 0. The maximum atomic E-state index is 12.5. The van der Waals surface area contributed by atoms with E-state index in [2.05, 4.69) is 36.5 Å². The summed E-state index contributed by atoms with van der Waals surface area (Å²) in [4.78, 5) is 17.2. The van der Waals surface area contributed by atoms with Crippen molar-refractivity contribution in [2.24, 2.45) is 10.3 Å². The number of rotatable bonds is 7. The summed E-state index contributed by atoms with van der Waals surface area (Å²) in [5, 5.41) is 7.75. The van der Waals surface area contributed by atoms with E-state index in [9.17, 15) is 4.79 Å². The van der Waals surface area contributed by atoms with Gasteiger partial charge in [-0.1, -0.05) is 21.1 Å². The van der Waals surface area contributed by atoms with Crippen molar-refractivity contribution in [1.29, 1.82) is 0 Å². The number of anilines is 1. The van der Waals surface area contributed by atoms with Crippen LogP contribution < -0.4 is 10.2 Å². The van der Waals surface area contributed by atoms with Crippen molar-refractivity contribution in [2.75, 3.05) is 19.6 Å². The zero-order valence-corrected chi connectivity index (χ0v) is 14.8. The largest absolute Gasteiger partial charge is 0.497 e. The second-order valence-electron chi connectivity index (χ2n) is 4.59. The van der Waals surface area contributed by atoms with Crippen molar-refractivity contribution in [3.8, 4) is 5.75 Å². The van der Waals surface area contributed by atoms with Crippen LogP contribution >= 0.6 is 15.9 Å². The van der Waals surface area contributed by atoms with Gasteiger partial charge in [0, 0.05) is 10.0 Å². The van der Waals surface area contributed by atoms with Crippen LogP contribution in [-0.4, -0.2) is 31.9 Å².